The Morgan fingerprint density at radius 1 is 1.26 bits per heavy atom. The number of carbonyl (C=O) groups excluding carboxylic acids is 1. The monoisotopic (exact) mass is 317 g/mol. The van der Waals surface area contributed by atoms with Crippen LogP contribution in [0, 0.1) is 5.92 Å². The summed E-state index contributed by atoms with van der Waals surface area (Å²) in [5.74, 6) is 1.79. The first-order valence-electron chi connectivity index (χ1n) is 8.63. The number of hydrogen-bond acceptors (Lipinski definition) is 4. The molecule has 0 bridgehead atoms. The maximum absolute atomic E-state index is 12.8. The Morgan fingerprint density at radius 3 is 2.87 bits per heavy atom. The van der Waals surface area contributed by atoms with E-state index in [0.717, 1.165) is 50.5 Å². The number of nitrogens with zero attached hydrogens (tertiary/aromatic N) is 1. The van der Waals surface area contributed by atoms with Crippen molar-refractivity contribution in [2.45, 2.75) is 25.3 Å². The molecule has 5 heteroatoms. The Bertz CT molecular complexity index is 529. The van der Waals surface area contributed by atoms with E-state index >= 15 is 0 Å². The van der Waals surface area contributed by atoms with Crippen molar-refractivity contribution in [1.29, 1.82) is 0 Å². The molecule has 1 aromatic carbocycles. The van der Waals surface area contributed by atoms with Crippen LogP contribution >= 0.6 is 0 Å². The number of hydrogen-bond donors (Lipinski definition) is 2. The highest BCUT2D eigenvalue weighted by Crippen LogP contribution is 2.31. The minimum atomic E-state index is 0.0640. The molecule has 0 radical (unpaired) electrons. The molecular weight excluding hydrogens is 290 g/mol. The fourth-order valence-electron chi connectivity index (χ4n) is 3.65. The average Bonchev–Trinajstić information content (AvgIpc) is 3.13. The summed E-state index contributed by atoms with van der Waals surface area (Å²) in [6.07, 6.45) is 2.84. The number of amides is 1. The molecule has 2 saturated heterocycles. The van der Waals surface area contributed by atoms with E-state index in [2.05, 4.69) is 16.7 Å². The zero-order valence-electron chi connectivity index (χ0n) is 13.9. The molecule has 1 aromatic rings. The Labute approximate surface area is 138 Å². The average molecular weight is 317 g/mol. The lowest BCUT2D eigenvalue weighted by molar-refractivity contribution is -0.134. The first-order chi connectivity index (χ1) is 11.3. The molecule has 1 amide bonds. The van der Waals surface area contributed by atoms with Crippen LogP contribution in [0.3, 0.4) is 0 Å². The predicted octanol–water partition coefficient (Wildman–Crippen LogP) is 1.56. The fraction of sp³-hybridized carbons (Fsp3) is 0.611. The molecule has 2 heterocycles. The van der Waals surface area contributed by atoms with E-state index in [9.17, 15) is 4.79 Å². The predicted molar refractivity (Wildman–Crippen MR) is 90.5 cm³/mol. The highest BCUT2D eigenvalue weighted by atomic mass is 16.5. The Morgan fingerprint density at radius 2 is 2.09 bits per heavy atom. The zero-order valence-corrected chi connectivity index (χ0v) is 13.9. The van der Waals surface area contributed by atoms with Crippen LogP contribution in [0.2, 0.25) is 0 Å². The summed E-state index contributed by atoms with van der Waals surface area (Å²) < 4.78 is 5.49. The third-order valence-electron chi connectivity index (χ3n) is 4.99. The number of piperazine rings is 1. The molecule has 126 valence electrons. The molecule has 0 aliphatic carbocycles. The van der Waals surface area contributed by atoms with Crippen LogP contribution < -0.4 is 15.4 Å². The van der Waals surface area contributed by atoms with E-state index < -0.39 is 0 Å². The molecule has 2 fully saturated rings. The molecule has 5 nitrogen and oxygen atoms in total. The van der Waals surface area contributed by atoms with Gasteiger partial charge in [-0.3, -0.25) is 4.79 Å². The summed E-state index contributed by atoms with van der Waals surface area (Å²) in [5.41, 5.74) is 1.10. The molecule has 0 spiro atoms. The number of rotatable bonds is 5. The largest absolute Gasteiger partial charge is 0.496 e. The zero-order chi connectivity index (χ0) is 16.1. The van der Waals surface area contributed by atoms with E-state index in [1.807, 2.05) is 23.1 Å². The van der Waals surface area contributed by atoms with Crippen LogP contribution in [0.4, 0.5) is 0 Å². The third-order valence-corrected chi connectivity index (χ3v) is 4.99. The van der Waals surface area contributed by atoms with Crippen molar-refractivity contribution in [2.75, 3.05) is 39.8 Å². The lowest BCUT2D eigenvalue weighted by atomic mass is 9.99. The highest BCUT2D eigenvalue weighted by Gasteiger charge is 2.30. The Kier molecular flexibility index (Phi) is 5.51. The van der Waals surface area contributed by atoms with Gasteiger partial charge in [0.25, 0.3) is 0 Å². The van der Waals surface area contributed by atoms with Gasteiger partial charge in [-0.15, -0.1) is 0 Å². The Hall–Kier alpha value is -1.59. The van der Waals surface area contributed by atoms with Gasteiger partial charge in [-0.05, 0) is 37.9 Å². The second-order valence-corrected chi connectivity index (χ2v) is 6.45. The van der Waals surface area contributed by atoms with Crippen molar-refractivity contribution in [3.63, 3.8) is 0 Å². The van der Waals surface area contributed by atoms with Crippen molar-refractivity contribution < 1.29 is 9.53 Å². The normalized spacial score (nSPS) is 24.7. The molecule has 3 rings (SSSR count). The van der Waals surface area contributed by atoms with Gasteiger partial charge in [0.1, 0.15) is 5.75 Å². The first kappa shape index (κ1) is 16.3. The van der Waals surface area contributed by atoms with Crippen LogP contribution in [-0.4, -0.2) is 50.6 Å². The van der Waals surface area contributed by atoms with E-state index in [1.54, 1.807) is 7.11 Å². The molecule has 2 atom stereocenters. The van der Waals surface area contributed by atoms with Crippen molar-refractivity contribution in [1.82, 2.24) is 15.5 Å². The second kappa shape index (κ2) is 7.79. The van der Waals surface area contributed by atoms with Gasteiger partial charge in [0.05, 0.1) is 13.2 Å². The van der Waals surface area contributed by atoms with Crippen molar-refractivity contribution in [2.24, 2.45) is 5.92 Å². The minimum Gasteiger partial charge on any atom is -0.496 e. The number of carbonyl (C=O) groups is 1. The van der Waals surface area contributed by atoms with Gasteiger partial charge >= 0.3 is 0 Å². The van der Waals surface area contributed by atoms with Crippen molar-refractivity contribution in [3.05, 3.63) is 29.8 Å². The molecule has 2 aliphatic rings. The van der Waals surface area contributed by atoms with Crippen LogP contribution in [0.5, 0.6) is 5.75 Å². The standard InChI is InChI=1S/C18H27N3O2/c1-23-17-5-3-2-4-15(17)16-13-20-10-11-21(16)18(22)7-6-14-8-9-19-12-14/h2-5,14,16,19-20H,6-13H2,1H3. The lowest BCUT2D eigenvalue weighted by Gasteiger charge is -2.37. The summed E-state index contributed by atoms with van der Waals surface area (Å²) in [6, 6.07) is 8.08. The van der Waals surface area contributed by atoms with Crippen molar-refractivity contribution >= 4 is 5.91 Å². The smallest absolute Gasteiger partial charge is 0.223 e. The summed E-state index contributed by atoms with van der Waals surface area (Å²) in [6.45, 7) is 4.57. The van der Waals surface area contributed by atoms with Crippen LogP contribution in [0.15, 0.2) is 24.3 Å². The van der Waals surface area contributed by atoms with Crippen LogP contribution in [0.25, 0.3) is 0 Å². The van der Waals surface area contributed by atoms with E-state index in [-0.39, 0.29) is 11.9 Å². The number of nitrogens with one attached hydrogen (secondary N) is 2. The molecule has 0 saturated carbocycles. The topological polar surface area (TPSA) is 53.6 Å². The SMILES string of the molecule is COc1ccccc1C1CNCCN1C(=O)CCC1CCNC1. The first-order valence-corrected chi connectivity index (χ1v) is 8.63. The second-order valence-electron chi connectivity index (χ2n) is 6.45. The molecule has 2 aliphatic heterocycles. The van der Waals surface area contributed by atoms with Gasteiger partial charge in [-0.25, -0.2) is 0 Å². The summed E-state index contributed by atoms with van der Waals surface area (Å²) >= 11 is 0. The third kappa shape index (κ3) is 3.85. The minimum absolute atomic E-state index is 0.0640. The van der Waals surface area contributed by atoms with Gasteiger partial charge in [-0.1, -0.05) is 18.2 Å². The molecule has 2 N–H and O–H groups in total. The van der Waals surface area contributed by atoms with Gasteiger partial charge in [0.15, 0.2) is 0 Å². The maximum Gasteiger partial charge on any atom is 0.223 e. The van der Waals surface area contributed by atoms with Gasteiger partial charge in [0, 0.05) is 31.6 Å². The number of ether oxygens (including phenoxy) is 1. The quantitative estimate of drug-likeness (QED) is 0.865. The van der Waals surface area contributed by atoms with E-state index in [4.69, 9.17) is 4.74 Å². The molecule has 2 unspecified atom stereocenters. The Balaban J connectivity index is 1.69. The van der Waals surface area contributed by atoms with Gasteiger partial charge in [-0.2, -0.15) is 0 Å². The number of benzene rings is 1. The number of para-hydroxylation sites is 1. The summed E-state index contributed by atoms with van der Waals surface area (Å²) in [5, 5.41) is 6.78. The molecule has 23 heavy (non-hydrogen) atoms. The molecular formula is C18H27N3O2. The fourth-order valence-corrected chi connectivity index (χ4v) is 3.65. The lowest BCUT2D eigenvalue weighted by Crippen LogP contribution is -2.48. The summed E-state index contributed by atoms with van der Waals surface area (Å²) in [4.78, 5) is 14.8. The van der Waals surface area contributed by atoms with Crippen LogP contribution in [-0.2, 0) is 4.79 Å². The van der Waals surface area contributed by atoms with Crippen molar-refractivity contribution in [3.8, 4) is 5.75 Å². The van der Waals surface area contributed by atoms with E-state index in [0.29, 0.717) is 12.3 Å². The van der Waals surface area contributed by atoms with Gasteiger partial charge in [0.2, 0.25) is 5.91 Å². The summed E-state index contributed by atoms with van der Waals surface area (Å²) in [7, 11) is 1.69. The van der Waals surface area contributed by atoms with Gasteiger partial charge < -0.3 is 20.3 Å². The van der Waals surface area contributed by atoms with Crippen LogP contribution in [0.1, 0.15) is 30.9 Å². The molecule has 0 aromatic heterocycles. The maximum atomic E-state index is 12.8. The highest BCUT2D eigenvalue weighted by molar-refractivity contribution is 5.77. The van der Waals surface area contributed by atoms with E-state index in [1.165, 1.54) is 6.42 Å². The number of methoxy groups -OCH3 is 1.